The zero-order valence-corrected chi connectivity index (χ0v) is 10.3. The minimum atomic E-state index is -1.57. The van der Waals surface area contributed by atoms with Gasteiger partial charge in [0, 0.05) is 0 Å². The van der Waals surface area contributed by atoms with Crippen molar-refractivity contribution < 1.29 is 0 Å². The fraction of sp³-hybridized carbons (Fsp3) is 0.778. The number of hydrogen-bond acceptors (Lipinski definition) is 0. The van der Waals surface area contributed by atoms with Crippen molar-refractivity contribution in [1.29, 1.82) is 0 Å². The second-order valence-corrected chi connectivity index (χ2v) is 18.9. The van der Waals surface area contributed by atoms with E-state index in [1.54, 1.807) is 0 Å². The first kappa shape index (κ1) is 8.63. The van der Waals surface area contributed by atoms with Gasteiger partial charge in [0.25, 0.3) is 0 Å². The van der Waals surface area contributed by atoms with E-state index < -0.39 is 18.4 Å². The van der Waals surface area contributed by atoms with Crippen LogP contribution >= 0.6 is 0 Å². The van der Waals surface area contributed by atoms with E-state index in [9.17, 15) is 0 Å². The SMILES string of the molecule is [CH3][Sn]([CH3])([CH3])[C]1=CCCCC1. The van der Waals surface area contributed by atoms with Crippen molar-refractivity contribution >= 4 is 18.4 Å². The summed E-state index contributed by atoms with van der Waals surface area (Å²) in [5.41, 5.74) is 0. The van der Waals surface area contributed by atoms with Crippen molar-refractivity contribution in [3.8, 4) is 0 Å². The molecule has 0 saturated carbocycles. The molecule has 0 unspecified atom stereocenters. The molecule has 0 bridgehead atoms. The van der Waals surface area contributed by atoms with Gasteiger partial charge in [0.15, 0.2) is 0 Å². The molecule has 0 aromatic rings. The van der Waals surface area contributed by atoms with Crippen LogP contribution in [0, 0.1) is 0 Å². The summed E-state index contributed by atoms with van der Waals surface area (Å²) in [7, 11) is 0. The molecule has 1 aliphatic rings. The average Bonchev–Trinajstić information content (AvgIpc) is 1.88. The fourth-order valence-corrected chi connectivity index (χ4v) is 6.32. The summed E-state index contributed by atoms with van der Waals surface area (Å²) in [5, 5.41) is 0. The molecular formula is C9H18Sn. The Morgan fingerprint density at radius 1 is 1.20 bits per heavy atom. The molecule has 0 spiro atoms. The second kappa shape index (κ2) is 3.29. The Labute approximate surface area is 68.6 Å². The molecule has 58 valence electrons. The standard InChI is InChI=1S/C6H9.3CH3.Sn/c1-2-4-6-5-3-1;;;;/h1H,2,4-6H2;3*1H3;. The van der Waals surface area contributed by atoms with Gasteiger partial charge in [0.05, 0.1) is 0 Å². The van der Waals surface area contributed by atoms with Crippen molar-refractivity contribution in [2.24, 2.45) is 0 Å². The maximum absolute atomic E-state index is 2.53. The van der Waals surface area contributed by atoms with Crippen molar-refractivity contribution in [2.45, 2.75) is 40.5 Å². The predicted octanol–water partition coefficient (Wildman–Crippen LogP) is 3.36. The quantitative estimate of drug-likeness (QED) is 0.621. The first-order chi connectivity index (χ1) is 4.61. The van der Waals surface area contributed by atoms with Crippen LogP contribution in [0.4, 0.5) is 0 Å². The summed E-state index contributed by atoms with van der Waals surface area (Å²) in [6, 6.07) is 0. The molecule has 0 saturated heterocycles. The van der Waals surface area contributed by atoms with Crippen molar-refractivity contribution in [3.05, 3.63) is 9.67 Å². The second-order valence-electron chi connectivity index (χ2n) is 4.23. The zero-order valence-electron chi connectivity index (χ0n) is 7.41. The van der Waals surface area contributed by atoms with Crippen LogP contribution in [0.2, 0.25) is 14.8 Å². The summed E-state index contributed by atoms with van der Waals surface area (Å²) in [4.78, 5) is 7.56. The Balaban J connectivity index is 2.62. The summed E-state index contributed by atoms with van der Waals surface area (Å²) in [6.07, 6.45) is 8.22. The van der Waals surface area contributed by atoms with Gasteiger partial charge in [-0.2, -0.15) is 0 Å². The van der Waals surface area contributed by atoms with E-state index in [0.29, 0.717) is 0 Å². The molecule has 0 amide bonds. The third kappa shape index (κ3) is 2.30. The molecule has 0 N–H and O–H groups in total. The zero-order chi connectivity index (χ0) is 7.61. The Morgan fingerprint density at radius 3 is 2.20 bits per heavy atom. The van der Waals surface area contributed by atoms with Crippen LogP contribution in [0.3, 0.4) is 0 Å². The van der Waals surface area contributed by atoms with E-state index in [1.807, 2.05) is 3.59 Å². The summed E-state index contributed by atoms with van der Waals surface area (Å²) in [6.45, 7) is 0. The van der Waals surface area contributed by atoms with Gasteiger partial charge >= 0.3 is 68.5 Å². The van der Waals surface area contributed by atoms with Crippen LogP contribution in [-0.4, -0.2) is 18.4 Å². The van der Waals surface area contributed by atoms with E-state index in [0.717, 1.165) is 0 Å². The molecule has 1 heteroatoms. The predicted molar refractivity (Wildman–Crippen MR) is 49.9 cm³/mol. The Kier molecular flexibility index (Phi) is 2.84. The van der Waals surface area contributed by atoms with Gasteiger partial charge in [-0.1, -0.05) is 0 Å². The minimum absolute atomic E-state index is 1.36. The van der Waals surface area contributed by atoms with Gasteiger partial charge in [-0.25, -0.2) is 0 Å². The molecule has 0 radical (unpaired) electrons. The average molecular weight is 245 g/mol. The first-order valence-corrected chi connectivity index (χ1v) is 14.3. The van der Waals surface area contributed by atoms with Gasteiger partial charge in [0.2, 0.25) is 0 Å². The maximum atomic E-state index is 2.53. The van der Waals surface area contributed by atoms with Gasteiger partial charge in [-0.3, -0.25) is 0 Å². The van der Waals surface area contributed by atoms with E-state index in [4.69, 9.17) is 0 Å². The molecule has 0 atom stereocenters. The van der Waals surface area contributed by atoms with Crippen molar-refractivity contribution in [1.82, 2.24) is 0 Å². The Morgan fingerprint density at radius 2 is 1.90 bits per heavy atom. The van der Waals surface area contributed by atoms with Crippen molar-refractivity contribution in [3.63, 3.8) is 0 Å². The normalized spacial score (nSPS) is 20.5. The van der Waals surface area contributed by atoms with Gasteiger partial charge in [-0.15, -0.1) is 0 Å². The van der Waals surface area contributed by atoms with E-state index >= 15 is 0 Å². The molecule has 1 aliphatic carbocycles. The number of allylic oxidation sites excluding steroid dienone is 2. The van der Waals surface area contributed by atoms with Crippen LogP contribution in [-0.2, 0) is 0 Å². The van der Waals surface area contributed by atoms with Crippen LogP contribution in [0.5, 0.6) is 0 Å². The summed E-state index contributed by atoms with van der Waals surface area (Å²) < 4.78 is 1.88. The van der Waals surface area contributed by atoms with Crippen LogP contribution < -0.4 is 0 Å². The monoisotopic (exact) mass is 246 g/mol. The topological polar surface area (TPSA) is 0 Å². The third-order valence-corrected chi connectivity index (χ3v) is 9.05. The van der Waals surface area contributed by atoms with Gasteiger partial charge in [0.1, 0.15) is 0 Å². The third-order valence-electron chi connectivity index (χ3n) is 2.25. The summed E-state index contributed by atoms with van der Waals surface area (Å²) >= 11 is -1.57. The molecule has 0 heterocycles. The Bertz CT molecular complexity index is 139. The molecule has 0 aliphatic heterocycles. The molecule has 10 heavy (non-hydrogen) atoms. The van der Waals surface area contributed by atoms with Crippen molar-refractivity contribution in [2.75, 3.05) is 0 Å². The number of hydrogen-bond donors (Lipinski definition) is 0. The van der Waals surface area contributed by atoms with E-state index in [1.165, 1.54) is 25.7 Å². The van der Waals surface area contributed by atoms with E-state index in [2.05, 4.69) is 20.9 Å². The molecule has 0 aromatic carbocycles. The Hall–Kier alpha value is 0.539. The molecular weight excluding hydrogens is 227 g/mol. The first-order valence-electron chi connectivity index (χ1n) is 4.30. The van der Waals surface area contributed by atoms with Crippen LogP contribution in [0.25, 0.3) is 0 Å². The van der Waals surface area contributed by atoms with Crippen LogP contribution in [0.15, 0.2) is 9.67 Å². The number of rotatable bonds is 1. The molecule has 0 nitrogen and oxygen atoms in total. The van der Waals surface area contributed by atoms with E-state index in [-0.39, 0.29) is 0 Å². The molecule has 0 aromatic heterocycles. The summed E-state index contributed by atoms with van der Waals surface area (Å²) in [5.74, 6) is 0. The molecule has 1 rings (SSSR count). The fourth-order valence-electron chi connectivity index (χ4n) is 1.52. The molecule has 0 fully saturated rings. The van der Waals surface area contributed by atoms with Gasteiger partial charge < -0.3 is 0 Å². The van der Waals surface area contributed by atoms with Gasteiger partial charge in [-0.05, 0) is 0 Å². The van der Waals surface area contributed by atoms with Crippen LogP contribution in [0.1, 0.15) is 25.7 Å².